The molecule has 1 saturated carbocycles. The number of hydrogen-bond acceptors (Lipinski definition) is 4. The van der Waals surface area contributed by atoms with Crippen molar-refractivity contribution < 1.29 is 0 Å². The monoisotopic (exact) mass is 267 g/mol. The smallest absolute Gasteiger partial charge is 0.191 e. The summed E-state index contributed by atoms with van der Waals surface area (Å²) in [7, 11) is 5.81. The summed E-state index contributed by atoms with van der Waals surface area (Å²) in [5, 5.41) is 9.80. The molecule has 18 heavy (non-hydrogen) atoms. The quantitative estimate of drug-likeness (QED) is 0.637. The van der Waals surface area contributed by atoms with Crippen LogP contribution in [-0.4, -0.2) is 38.1 Å². The largest absolute Gasteiger partial charge is 0.354 e. The Hall–Kier alpha value is -1.30. The van der Waals surface area contributed by atoms with Gasteiger partial charge < -0.3 is 15.5 Å². The molecule has 2 atom stereocenters. The molecule has 0 aliphatic heterocycles. The Bertz CT molecular complexity index is 426. The number of aliphatic imine (C=N–C) groups is 1. The van der Waals surface area contributed by atoms with Gasteiger partial charge in [0, 0.05) is 32.6 Å². The fourth-order valence-electron chi connectivity index (χ4n) is 1.65. The van der Waals surface area contributed by atoms with E-state index in [0.717, 1.165) is 22.7 Å². The van der Waals surface area contributed by atoms with Crippen molar-refractivity contribution in [3.63, 3.8) is 0 Å². The van der Waals surface area contributed by atoms with Crippen LogP contribution in [0, 0.1) is 5.92 Å². The molecule has 0 saturated heterocycles. The van der Waals surface area contributed by atoms with Crippen molar-refractivity contribution in [1.29, 1.82) is 0 Å². The van der Waals surface area contributed by atoms with E-state index < -0.39 is 0 Å². The third-order valence-electron chi connectivity index (χ3n) is 3.01. The van der Waals surface area contributed by atoms with Gasteiger partial charge in [0.2, 0.25) is 0 Å². The van der Waals surface area contributed by atoms with E-state index in [0.29, 0.717) is 12.6 Å². The molecule has 0 amide bonds. The van der Waals surface area contributed by atoms with Gasteiger partial charge in [0.15, 0.2) is 11.1 Å². The summed E-state index contributed by atoms with van der Waals surface area (Å²) >= 11 is 1.66. The van der Waals surface area contributed by atoms with E-state index in [1.54, 1.807) is 18.4 Å². The number of guanidine groups is 1. The number of thiazole rings is 1. The van der Waals surface area contributed by atoms with Crippen LogP contribution in [0.25, 0.3) is 0 Å². The maximum Gasteiger partial charge on any atom is 0.191 e. The highest BCUT2D eigenvalue weighted by Gasteiger charge is 2.33. The highest BCUT2D eigenvalue weighted by molar-refractivity contribution is 7.13. The van der Waals surface area contributed by atoms with Gasteiger partial charge >= 0.3 is 0 Å². The Kier molecular flexibility index (Phi) is 4.06. The Balaban J connectivity index is 1.81. The average Bonchev–Trinajstić information content (AvgIpc) is 2.84. The molecule has 0 radical (unpaired) electrons. The third-order valence-corrected chi connectivity index (χ3v) is 4.07. The first kappa shape index (κ1) is 13.1. The van der Waals surface area contributed by atoms with Gasteiger partial charge in [0.1, 0.15) is 0 Å². The number of hydrogen-bond donors (Lipinski definition) is 2. The molecule has 1 aromatic heterocycles. The molecule has 1 heterocycles. The summed E-state index contributed by atoms with van der Waals surface area (Å²) < 4.78 is 0. The number of anilines is 1. The minimum atomic E-state index is 0.587. The van der Waals surface area contributed by atoms with Crippen molar-refractivity contribution in [2.75, 3.05) is 26.0 Å². The van der Waals surface area contributed by atoms with Gasteiger partial charge in [-0.25, -0.2) is 4.98 Å². The van der Waals surface area contributed by atoms with E-state index in [1.165, 1.54) is 6.42 Å². The summed E-state index contributed by atoms with van der Waals surface area (Å²) in [6, 6.07) is 0.587. The van der Waals surface area contributed by atoms with Crippen LogP contribution in [0.5, 0.6) is 0 Å². The standard InChI is InChI=1S/C12H21N5S/c1-8-5-10(8)16-11(13-2)14-6-9-7-18-12(15-9)17(3)4/h7-8,10H,5-6H2,1-4H3,(H2,13,14,16). The highest BCUT2D eigenvalue weighted by Crippen LogP contribution is 2.28. The van der Waals surface area contributed by atoms with Gasteiger partial charge in [0.25, 0.3) is 0 Å². The minimum Gasteiger partial charge on any atom is -0.354 e. The van der Waals surface area contributed by atoms with Gasteiger partial charge in [-0.1, -0.05) is 6.92 Å². The molecule has 0 spiro atoms. The summed E-state index contributed by atoms with van der Waals surface area (Å²) in [4.78, 5) is 10.8. The molecular weight excluding hydrogens is 246 g/mol. The van der Waals surface area contributed by atoms with E-state index in [4.69, 9.17) is 0 Å². The normalized spacial score (nSPS) is 22.8. The van der Waals surface area contributed by atoms with E-state index >= 15 is 0 Å². The van der Waals surface area contributed by atoms with Crippen LogP contribution >= 0.6 is 11.3 Å². The average molecular weight is 267 g/mol. The lowest BCUT2D eigenvalue weighted by Crippen LogP contribution is -2.38. The van der Waals surface area contributed by atoms with Crippen LogP contribution < -0.4 is 15.5 Å². The first-order valence-electron chi connectivity index (χ1n) is 6.19. The summed E-state index contributed by atoms with van der Waals surface area (Å²) in [6.07, 6.45) is 1.24. The molecule has 2 rings (SSSR count). The number of nitrogens with zero attached hydrogens (tertiary/aromatic N) is 3. The lowest BCUT2D eigenvalue weighted by Gasteiger charge is -2.10. The SMILES string of the molecule is CN=C(NCc1csc(N(C)C)n1)NC1CC1C. The zero-order chi connectivity index (χ0) is 13.1. The zero-order valence-electron chi connectivity index (χ0n) is 11.4. The number of nitrogens with one attached hydrogen (secondary N) is 2. The van der Waals surface area contributed by atoms with Crippen molar-refractivity contribution in [3.05, 3.63) is 11.1 Å². The molecule has 1 aromatic rings. The van der Waals surface area contributed by atoms with Crippen molar-refractivity contribution >= 4 is 22.4 Å². The molecular formula is C12H21N5S. The summed E-state index contributed by atoms with van der Waals surface area (Å²) in [5.41, 5.74) is 1.05. The molecule has 2 N–H and O–H groups in total. The predicted octanol–water partition coefficient (Wildman–Crippen LogP) is 1.28. The van der Waals surface area contributed by atoms with Crippen molar-refractivity contribution in [2.24, 2.45) is 10.9 Å². The first-order chi connectivity index (χ1) is 8.60. The Morgan fingerprint density at radius 1 is 1.61 bits per heavy atom. The van der Waals surface area contributed by atoms with Crippen molar-refractivity contribution in [1.82, 2.24) is 15.6 Å². The lowest BCUT2D eigenvalue weighted by atomic mass is 10.4. The van der Waals surface area contributed by atoms with Crippen LogP contribution in [0.15, 0.2) is 10.4 Å². The third kappa shape index (κ3) is 3.35. The topological polar surface area (TPSA) is 52.6 Å². The maximum absolute atomic E-state index is 4.52. The van der Waals surface area contributed by atoms with Crippen LogP contribution in [0.2, 0.25) is 0 Å². The number of aromatic nitrogens is 1. The summed E-state index contributed by atoms with van der Waals surface area (Å²) in [6.45, 7) is 2.96. The van der Waals surface area contributed by atoms with E-state index in [2.05, 4.69) is 32.9 Å². The Morgan fingerprint density at radius 2 is 2.33 bits per heavy atom. The lowest BCUT2D eigenvalue weighted by molar-refractivity contribution is 0.758. The van der Waals surface area contributed by atoms with Crippen LogP contribution in [-0.2, 0) is 6.54 Å². The van der Waals surface area contributed by atoms with E-state index in [9.17, 15) is 0 Å². The highest BCUT2D eigenvalue weighted by atomic mass is 32.1. The van der Waals surface area contributed by atoms with Crippen LogP contribution in [0.4, 0.5) is 5.13 Å². The Morgan fingerprint density at radius 3 is 2.83 bits per heavy atom. The molecule has 6 heteroatoms. The molecule has 1 fully saturated rings. The van der Waals surface area contributed by atoms with Gasteiger partial charge in [-0.05, 0) is 12.3 Å². The molecule has 1 aliphatic carbocycles. The molecule has 100 valence electrons. The maximum atomic E-state index is 4.52. The molecule has 2 unspecified atom stereocenters. The molecule has 0 bridgehead atoms. The second kappa shape index (κ2) is 5.56. The molecule has 0 aromatic carbocycles. The van der Waals surface area contributed by atoms with Gasteiger partial charge in [-0.15, -0.1) is 11.3 Å². The van der Waals surface area contributed by atoms with Gasteiger partial charge in [-0.2, -0.15) is 0 Å². The van der Waals surface area contributed by atoms with Crippen molar-refractivity contribution in [3.8, 4) is 0 Å². The molecule has 1 aliphatic rings. The minimum absolute atomic E-state index is 0.587. The first-order valence-corrected chi connectivity index (χ1v) is 7.07. The predicted molar refractivity (Wildman–Crippen MR) is 77.3 cm³/mol. The number of rotatable bonds is 4. The van der Waals surface area contributed by atoms with Crippen LogP contribution in [0.3, 0.4) is 0 Å². The fraction of sp³-hybridized carbons (Fsp3) is 0.667. The second-order valence-corrected chi connectivity index (χ2v) is 5.74. The van der Waals surface area contributed by atoms with Gasteiger partial charge in [0.05, 0.1) is 12.2 Å². The Labute approximate surface area is 112 Å². The van der Waals surface area contributed by atoms with Crippen LogP contribution in [0.1, 0.15) is 19.0 Å². The molecule has 5 nitrogen and oxygen atoms in total. The van der Waals surface area contributed by atoms with E-state index in [-0.39, 0.29) is 0 Å². The fourth-order valence-corrected chi connectivity index (χ4v) is 2.41. The van der Waals surface area contributed by atoms with Gasteiger partial charge in [-0.3, -0.25) is 4.99 Å². The van der Waals surface area contributed by atoms with E-state index in [1.807, 2.05) is 19.0 Å². The second-order valence-electron chi connectivity index (χ2n) is 4.91. The summed E-state index contributed by atoms with van der Waals surface area (Å²) in [5.74, 6) is 1.63. The van der Waals surface area contributed by atoms with Crippen molar-refractivity contribution in [2.45, 2.75) is 25.9 Å². The zero-order valence-corrected chi connectivity index (χ0v) is 12.2.